The SMILES string of the molecule is C#CCOc1ccc([C@@H]2CC(=O)Nc3c2c(C)nn3-c2ccc(N3CCCC3)nn2)cc1. The van der Waals surface area contributed by atoms with Gasteiger partial charge in [0.1, 0.15) is 18.2 Å². The van der Waals surface area contributed by atoms with Gasteiger partial charge in [-0.2, -0.15) is 9.78 Å². The van der Waals surface area contributed by atoms with Crippen LogP contribution >= 0.6 is 0 Å². The number of carbonyl (C=O) groups excluding carboxylic acids is 1. The first kappa shape index (κ1) is 20.1. The Bertz CT molecular complexity index is 1170. The van der Waals surface area contributed by atoms with E-state index in [1.54, 1.807) is 4.68 Å². The van der Waals surface area contributed by atoms with Crippen molar-refractivity contribution in [3.63, 3.8) is 0 Å². The van der Waals surface area contributed by atoms with Crippen LogP contribution in [0.2, 0.25) is 0 Å². The second kappa shape index (κ2) is 8.35. The lowest BCUT2D eigenvalue weighted by molar-refractivity contribution is -0.116. The third-order valence-corrected chi connectivity index (χ3v) is 5.99. The molecule has 5 rings (SSSR count). The number of aryl methyl sites for hydroxylation is 1. The molecule has 1 saturated heterocycles. The average molecular weight is 428 g/mol. The highest BCUT2D eigenvalue weighted by Crippen LogP contribution is 2.40. The summed E-state index contributed by atoms with van der Waals surface area (Å²) in [6.45, 7) is 4.19. The molecule has 1 atom stereocenters. The predicted molar refractivity (Wildman–Crippen MR) is 121 cm³/mol. The van der Waals surface area contributed by atoms with Gasteiger partial charge in [-0.1, -0.05) is 18.1 Å². The third kappa shape index (κ3) is 3.66. The number of benzene rings is 1. The largest absolute Gasteiger partial charge is 0.481 e. The fourth-order valence-electron chi connectivity index (χ4n) is 4.47. The predicted octanol–water partition coefficient (Wildman–Crippen LogP) is 3.06. The van der Waals surface area contributed by atoms with Crippen molar-refractivity contribution in [2.45, 2.75) is 32.1 Å². The maximum absolute atomic E-state index is 12.6. The van der Waals surface area contributed by atoms with E-state index in [1.165, 1.54) is 12.8 Å². The summed E-state index contributed by atoms with van der Waals surface area (Å²) in [7, 11) is 0. The van der Waals surface area contributed by atoms with Gasteiger partial charge in [0.15, 0.2) is 11.6 Å². The Morgan fingerprint density at radius 1 is 1.12 bits per heavy atom. The molecule has 1 fully saturated rings. The van der Waals surface area contributed by atoms with Gasteiger partial charge in [0.05, 0.1) is 5.69 Å². The first-order valence-electron chi connectivity index (χ1n) is 10.8. The zero-order valence-corrected chi connectivity index (χ0v) is 17.9. The molecule has 0 aliphatic carbocycles. The number of ether oxygens (including phenoxy) is 1. The summed E-state index contributed by atoms with van der Waals surface area (Å²) in [5.74, 6) is 5.10. The molecule has 2 aliphatic rings. The molecule has 0 radical (unpaired) electrons. The van der Waals surface area contributed by atoms with Crippen molar-refractivity contribution in [2.75, 3.05) is 29.9 Å². The lowest BCUT2D eigenvalue weighted by atomic mass is 9.86. The molecular weight excluding hydrogens is 404 g/mol. The van der Waals surface area contributed by atoms with Crippen molar-refractivity contribution in [3.05, 3.63) is 53.2 Å². The zero-order valence-electron chi connectivity index (χ0n) is 17.9. The van der Waals surface area contributed by atoms with E-state index in [0.717, 1.165) is 35.7 Å². The summed E-state index contributed by atoms with van der Waals surface area (Å²) in [6, 6.07) is 11.6. The number of anilines is 2. The van der Waals surface area contributed by atoms with Gasteiger partial charge in [-0.05, 0) is 49.6 Å². The molecule has 1 amide bonds. The molecule has 4 heterocycles. The van der Waals surface area contributed by atoms with Crippen LogP contribution in [0.15, 0.2) is 36.4 Å². The van der Waals surface area contributed by atoms with Crippen molar-refractivity contribution in [2.24, 2.45) is 0 Å². The number of nitrogens with zero attached hydrogens (tertiary/aromatic N) is 5. The summed E-state index contributed by atoms with van der Waals surface area (Å²) >= 11 is 0. The minimum atomic E-state index is -0.106. The number of hydrogen-bond acceptors (Lipinski definition) is 6. The van der Waals surface area contributed by atoms with Gasteiger partial charge in [-0.3, -0.25) is 4.79 Å². The molecule has 3 aromatic rings. The molecule has 32 heavy (non-hydrogen) atoms. The number of aromatic nitrogens is 4. The lowest BCUT2D eigenvalue weighted by Crippen LogP contribution is -2.25. The molecule has 2 aliphatic heterocycles. The number of hydrogen-bond donors (Lipinski definition) is 1. The molecule has 0 spiro atoms. The quantitative estimate of drug-likeness (QED) is 0.629. The second-order valence-corrected chi connectivity index (χ2v) is 8.07. The van der Waals surface area contributed by atoms with E-state index in [2.05, 4.69) is 26.3 Å². The highest BCUT2D eigenvalue weighted by molar-refractivity contribution is 5.95. The second-order valence-electron chi connectivity index (χ2n) is 8.07. The van der Waals surface area contributed by atoms with Crippen LogP contribution in [0.1, 0.15) is 42.0 Å². The Labute approximate surface area is 186 Å². The van der Waals surface area contributed by atoms with E-state index in [9.17, 15) is 4.79 Å². The van der Waals surface area contributed by atoms with Crippen molar-refractivity contribution < 1.29 is 9.53 Å². The number of carbonyl (C=O) groups is 1. The van der Waals surface area contributed by atoms with E-state index < -0.39 is 0 Å². The van der Waals surface area contributed by atoms with Crippen LogP contribution in [0.25, 0.3) is 5.82 Å². The summed E-state index contributed by atoms with van der Waals surface area (Å²) in [5.41, 5.74) is 2.86. The summed E-state index contributed by atoms with van der Waals surface area (Å²) in [5, 5.41) is 16.5. The Morgan fingerprint density at radius 3 is 2.53 bits per heavy atom. The smallest absolute Gasteiger partial charge is 0.226 e. The van der Waals surface area contributed by atoms with Crippen LogP contribution in [0, 0.1) is 19.3 Å². The third-order valence-electron chi connectivity index (χ3n) is 5.99. The van der Waals surface area contributed by atoms with Crippen molar-refractivity contribution in [1.82, 2.24) is 20.0 Å². The van der Waals surface area contributed by atoms with Crippen molar-refractivity contribution >= 4 is 17.5 Å². The van der Waals surface area contributed by atoms with Gasteiger partial charge in [-0.15, -0.1) is 16.6 Å². The van der Waals surface area contributed by atoms with Crippen molar-refractivity contribution in [1.29, 1.82) is 0 Å². The molecule has 162 valence electrons. The average Bonchev–Trinajstić information content (AvgIpc) is 3.46. The van der Waals surface area contributed by atoms with Gasteiger partial charge in [0.2, 0.25) is 5.91 Å². The lowest BCUT2D eigenvalue weighted by Gasteiger charge is -2.24. The number of terminal acetylenes is 1. The molecular formula is C24H24N6O2. The number of nitrogens with one attached hydrogen (secondary N) is 1. The maximum Gasteiger partial charge on any atom is 0.226 e. The molecule has 0 bridgehead atoms. The first-order chi connectivity index (χ1) is 15.6. The highest BCUT2D eigenvalue weighted by Gasteiger charge is 2.33. The van der Waals surface area contributed by atoms with E-state index in [1.807, 2.05) is 43.3 Å². The van der Waals surface area contributed by atoms with E-state index >= 15 is 0 Å². The van der Waals surface area contributed by atoms with Crippen molar-refractivity contribution in [3.8, 4) is 23.9 Å². The molecule has 8 heteroatoms. The molecule has 0 unspecified atom stereocenters. The van der Waals surface area contributed by atoms with Gasteiger partial charge >= 0.3 is 0 Å². The minimum Gasteiger partial charge on any atom is -0.481 e. The summed E-state index contributed by atoms with van der Waals surface area (Å²) < 4.78 is 7.15. The molecule has 1 N–H and O–H groups in total. The van der Waals surface area contributed by atoms with Crippen LogP contribution < -0.4 is 15.0 Å². The van der Waals surface area contributed by atoms with Crippen LogP contribution in [0.5, 0.6) is 5.75 Å². The van der Waals surface area contributed by atoms with Gasteiger partial charge in [-0.25, -0.2) is 0 Å². The number of rotatable bonds is 5. The van der Waals surface area contributed by atoms with E-state index in [4.69, 9.17) is 16.3 Å². The molecule has 1 aromatic carbocycles. The number of amides is 1. The van der Waals surface area contributed by atoms with Crippen LogP contribution in [-0.4, -0.2) is 45.6 Å². The monoisotopic (exact) mass is 428 g/mol. The summed E-state index contributed by atoms with van der Waals surface area (Å²) in [6.07, 6.45) is 7.97. The Morgan fingerprint density at radius 2 is 1.84 bits per heavy atom. The fraction of sp³-hybridized carbons (Fsp3) is 0.333. The molecule has 0 saturated carbocycles. The maximum atomic E-state index is 12.6. The van der Waals surface area contributed by atoms with E-state index in [-0.39, 0.29) is 18.4 Å². The van der Waals surface area contributed by atoms with Crippen LogP contribution in [0.4, 0.5) is 11.6 Å². The zero-order chi connectivity index (χ0) is 22.1. The van der Waals surface area contributed by atoms with Gasteiger partial charge in [0, 0.05) is 31.0 Å². The van der Waals surface area contributed by atoms with Crippen LogP contribution in [0.3, 0.4) is 0 Å². The molecule has 8 nitrogen and oxygen atoms in total. The Hall–Kier alpha value is -3.86. The minimum absolute atomic E-state index is 0.0574. The highest BCUT2D eigenvalue weighted by atomic mass is 16.5. The normalized spacial score (nSPS) is 17.6. The Balaban J connectivity index is 1.47. The molecule has 2 aromatic heterocycles. The van der Waals surface area contributed by atoms with Crippen LogP contribution in [-0.2, 0) is 4.79 Å². The van der Waals surface area contributed by atoms with Gasteiger partial charge < -0.3 is 15.0 Å². The Kier molecular flexibility index (Phi) is 5.23. The standard InChI is InChI=1S/C24H24N6O2/c1-3-14-32-18-8-6-17(7-9-18)19-15-22(31)25-24-23(19)16(2)28-30(24)21-11-10-20(26-27-21)29-12-4-5-13-29/h1,6-11,19H,4-5,12-15H2,2H3,(H,25,31)/t19-/m0/s1. The topological polar surface area (TPSA) is 85.2 Å². The van der Waals surface area contributed by atoms with Gasteiger partial charge in [0.25, 0.3) is 0 Å². The van der Waals surface area contributed by atoms with E-state index in [0.29, 0.717) is 23.8 Å². The first-order valence-corrected chi connectivity index (χ1v) is 10.8. The fourth-order valence-corrected chi connectivity index (χ4v) is 4.47. The number of fused-ring (bicyclic) bond motifs is 1. The summed E-state index contributed by atoms with van der Waals surface area (Å²) in [4.78, 5) is 14.8.